The van der Waals surface area contributed by atoms with Gasteiger partial charge in [0, 0.05) is 20.7 Å². The predicted molar refractivity (Wildman–Crippen MR) is 113 cm³/mol. The number of para-hydroxylation sites is 1. The van der Waals surface area contributed by atoms with Gasteiger partial charge in [-0.25, -0.2) is 4.98 Å². The van der Waals surface area contributed by atoms with Gasteiger partial charge in [-0.15, -0.1) is 11.3 Å². The molecule has 3 aromatic rings. The van der Waals surface area contributed by atoms with Gasteiger partial charge in [0.2, 0.25) is 0 Å². The molecule has 0 aliphatic rings. The third-order valence-corrected chi connectivity index (χ3v) is 5.58. The van der Waals surface area contributed by atoms with Crippen LogP contribution in [0.5, 0.6) is 0 Å². The number of benzene rings is 2. The Labute approximate surface area is 165 Å². The summed E-state index contributed by atoms with van der Waals surface area (Å²) in [6, 6.07) is 16.5. The van der Waals surface area contributed by atoms with Crippen molar-refractivity contribution < 1.29 is 0 Å². The predicted octanol–water partition coefficient (Wildman–Crippen LogP) is 6.01. The molecule has 0 unspecified atom stereocenters. The SMILES string of the molecule is Cc1ccc(-c2csc(/C(C#N)=C/Nc3ccccc3I)n2)c(C)c1. The lowest BCUT2D eigenvalue weighted by atomic mass is 10.0. The van der Waals surface area contributed by atoms with Crippen LogP contribution in [0.25, 0.3) is 16.8 Å². The number of rotatable bonds is 4. The van der Waals surface area contributed by atoms with Gasteiger partial charge in [0.1, 0.15) is 16.6 Å². The van der Waals surface area contributed by atoms with Crippen molar-refractivity contribution in [2.24, 2.45) is 0 Å². The summed E-state index contributed by atoms with van der Waals surface area (Å²) in [6.45, 7) is 4.16. The molecule has 0 amide bonds. The van der Waals surface area contributed by atoms with E-state index in [1.165, 1.54) is 22.5 Å². The normalized spacial score (nSPS) is 11.2. The van der Waals surface area contributed by atoms with Crippen molar-refractivity contribution in [2.75, 3.05) is 5.32 Å². The second kappa shape index (κ2) is 7.81. The van der Waals surface area contributed by atoms with Crippen LogP contribution < -0.4 is 5.32 Å². The van der Waals surface area contributed by atoms with E-state index in [0.29, 0.717) is 5.57 Å². The molecule has 0 bridgehead atoms. The lowest BCUT2D eigenvalue weighted by Crippen LogP contribution is -1.93. The van der Waals surface area contributed by atoms with Gasteiger partial charge >= 0.3 is 0 Å². The molecule has 0 saturated heterocycles. The first-order valence-corrected chi connectivity index (χ1v) is 9.69. The summed E-state index contributed by atoms with van der Waals surface area (Å²) in [7, 11) is 0. The zero-order valence-corrected chi connectivity index (χ0v) is 16.9. The van der Waals surface area contributed by atoms with Crippen molar-refractivity contribution in [3.63, 3.8) is 0 Å². The minimum absolute atomic E-state index is 0.528. The molecule has 0 saturated carbocycles. The molecular formula is C20H16IN3S. The summed E-state index contributed by atoms with van der Waals surface area (Å²) in [5.74, 6) is 0. The first-order chi connectivity index (χ1) is 12.1. The Bertz CT molecular complexity index is 983. The molecule has 5 heteroatoms. The molecule has 1 N–H and O–H groups in total. The highest BCUT2D eigenvalue weighted by Gasteiger charge is 2.11. The Hall–Kier alpha value is -2.17. The van der Waals surface area contributed by atoms with E-state index in [1.807, 2.05) is 29.6 Å². The van der Waals surface area contributed by atoms with Crippen molar-refractivity contribution >= 4 is 45.2 Å². The smallest absolute Gasteiger partial charge is 0.136 e. The molecule has 0 radical (unpaired) electrons. The standard InChI is InChI=1S/C20H16IN3S/c1-13-7-8-16(14(2)9-13)19-12-25-20(24-19)15(10-22)11-23-18-6-4-3-5-17(18)21/h3-9,11-12,23H,1-2H3/b15-11+. The third kappa shape index (κ3) is 4.09. The first-order valence-electron chi connectivity index (χ1n) is 7.73. The van der Waals surface area contributed by atoms with E-state index < -0.39 is 0 Å². The van der Waals surface area contributed by atoms with Crippen LogP contribution >= 0.6 is 33.9 Å². The van der Waals surface area contributed by atoms with E-state index in [1.54, 1.807) is 6.20 Å². The maximum absolute atomic E-state index is 9.50. The molecule has 2 aromatic carbocycles. The van der Waals surface area contributed by atoms with Gasteiger partial charge in [-0.3, -0.25) is 0 Å². The molecule has 124 valence electrons. The largest absolute Gasteiger partial charge is 0.359 e. The third-order valence-electron chi connectivity index (χ3n) is 3.76. The summed E-state index contributed by atoms with van der Waals surface area (Å²) < 4.78 is 1.10. The molecule has 3 nitrogen and oxygen atoms in total. The lowest BCUT2D eigenvalue weighted by molar-refractivity contribution is 1.32. The van der Waals surface area contributed by atoms with Gasteiger partial charge in [-0.1, -0.05) is 35.9 Å². The molecule has 3 rings (SSSR count). The van der Waals surface area contributed by atoms with Crippen molar-refractivity contribution in [1.29, 1.82) is 5.26 Å². The molecule has 0 aliphatic carbocycles. The monoisotopic (exact) mass is 457 g/mol. The maximum Gasteiger partial charge on any atom is 0.136 e. The number of nitrogens with zero attached hydrogens (tertiary/aromatic N) is 2. The topological polar surface area (TPSA) is 48.7 Å². The molecule has 1 heterocycles. The molecule has 0 fully saturated rings. The number of halogens is 1. The van der Waals surface area contributed by atoms with Gasteiger partial charge in [-0.2, -0.15) is 5.26 Å². The van der Waals surface area contributed by atoms with E-state index in [2.05, 4.69) is 71.0 Å². The molecule has 25 heavy (non-hydrogen) atoms. The van der Waals surface area contributed by atoms with Crippen LogP contribution in [-0.4, -0.2) is 4.98 Å². The Kier molecular flexibility index (Phi) is 5.51. The van der Waals surface area contributed by atoms with E-state index in [0.717, 1.165) is 25.5 Å². The summed E-state index contributed by atoms with van der Waals surface area (Å²) in [5.41, 5.74) is 5.94. The Morgan fingerprint density at radius 2 is 2.04 bits per heavy atom. The fourth-order valence-electron chi connectivity index (χ4n) is 2.49. The molecule has 1 aromatic heterocycles. The van der Waals surface area contributed by atoms with Crippen LogP contribution in [0.4, 0.5) is 5.69 Å². The van der Waals surface area contributed by atoms with Crippen molar-refractivity contribution in [2.45, 2.75) is 13.8 Å². The first kappa shape index (κ1) is 17.6. The summed E-state index contributed by atoms with van der Waals surface area (Å²) >= 11 is 3.75. The second-order valence-electron chi connectivity index (χ2n) is 5.65. The van der Waals surface area contributed by atoms with Crippen molar-refractivity contribution in [3.05, 3.63) is 73.7 Å². The van der Waals surface area contributed by atoms with E-state index in [9.17, 15) is 5.26 Å². The Morgan fingerprint density at radius 1 is 1.24 bits per heavy atom. The lowest BCUT2D eigenvalue weighted by Gasteiger charge is -2.04. The number of aryl methyl sites for hydroxylation is 2. The van der Waals surface area contributed by atoms with Crippen LogP contribution in [0.15, 0.2) is 54.0 Å². The van der Waals surface area contributed by atoms with Gasteiger partial charge in [0.25, 0.3) is 0 Å². The minimum atomic E-state index is 0.528. The van der Waals surface area contributed by atoms with Crippen LogP contribution in [0, 0.1) is 28.7 Å². The van der Waals surface area contributed by atoms with Crippen LogP contribution in [0.3, 0.4) is 0 Å². The van der Waals surface area contributed by atoms with Crippen LogP contribution in [0.1, 0.15) is 16.1 Å². The zero-order valence-electron chi connectivity index (χ0n) is 13.9. The number of nitriles is 1. The van der Waals surface area contributed by atoms with Crippen molar-refractivity contribution in [1.82, 2.24) is 4.98 Å². The number of hydrogen-bond donors (Lipinski definition) is 1. The Morgan fingerprint density at radius 3 is 2.76 bits per heavy atom. The molecular weight excluding hydrogens is 441 g/mol. The van der Waals surface area contributed by atoms with Gasteiger partial charge in [0.05, 0.1) is 11.4 Å². The van der Waals surface area contributed by atoms with E-state index >= 15 is 0 Å². The van der Waals surface area contributed by atoms with Gasteiger partial charge < -0.3 is 5.32 Å². The highest BCUT2D eigenvalue weighted by atomic mass is 127. The average molecular weight is 457 g/mol. The number of thiazole rings is 1. The van der Waals surface area contributed by atoms with Crippen molar-refractivity contribution in [3.8, 4) is 17.3 Å². The van der Waals surface area contributed by atoms with Crippen LogP contribution in [0.2, 0.25) is 0 Å². The molecule has 0 atom stereocenters. The minimum Gasteiger partial charge on any atom is -0.359 e. The zero-order chi connectivity index (χ0) is 17.8. The number of allylic oxidation sites excluding steroid dienone is 1. The fraction of sp³-hybridized carbons (Fsp3) is 0.100. The highest BCUT2D eigenvalue weighted by Crippen LogP contribution is 2.29. The average Bonchev–Trinajstić information content (AvgIpc) is 3.06. The summed E-state index contributed by atoms with van der Waals surface area (Å²) in [4.78, 5) is 4.66. The van der Waals surface area contributed by atoms with Gasteiger partial charge in [-0.05, 0) is 54.1 Å². The molecule has 0 aliphatic heterocycles. The summed E-state index contributed by atoms with van der Waals surface area (Å²) in [5, 5.41) is 15.4. The maximum atomic E-state index is 9.50. The fourth-order valence-corrected chi connectivity index (χ4v) is 3.82. The highest BCUT2D eigenvalue weighted by molar-refractivity contribution is 14.1. The van der Waals surface area contributed by atoms with Crippen LogP contribution in [-0.2, 0) is 0 Å². The molecule has 0 spiro atoms. The number of anilines is 1. The number of hydrogen-bond acceptors (Lipinski definition) is 4. The number of nitrogens with one attached hydrogen (secondary N) is 1. The second-order valence-corrected chi connectivity index (χ2v) is 7.67. The van der Waals surface area contributed by atoms with Gasteiger partial charge in [0.15, 0.2) is 0 Å². The van der Waals surface area contributed by atoms with E-state index in [-0.39, 0.29) is 0 Å². The Balaban J connectivity index is 1.88. The number of aromatic nitrogens is 1. The summed E-state index contributed by atoms with van der Waals surface area (Å²) in [6.07, 6.45) is 1.72. The van der Waals surface area contributed by atoms with E-state index in [4.69, 9.17) is 0 Å². The quantitative estimate of drug-likeness (QED) is 0.386.